The summed E-state index contributed by atoms with van der Waals surface area (Å²) in [5, 5.41) is 9.23. The van der Waals surface area contributed by atoms with E-state index in [0.717, 1.165) is 5.16 Å². The summed E-state index contributed by atoms with van der Waals surface area (Å²) in [6.07, 6.45) is 3.91. The average molecular weight is 238 g/mol. The molecule has 0 fully saturated rings. The van der Waals surface area contributed by atoms with Crippen molar-refractivity contribution in [1.29, 1.82) is 5.26 Å². The highest BCUT2D eigenvalue weighted by atomic mass is 32.2. The van der Waals surface area contributed by atoms with Crippen molar-refractivity contribution in [2.75, 3.05) is 19.3 Å². The van der Waals surface area contributed by atoms with Crippen LogP contribution in [-0.2, 0) is 11.8 Å². The van der Waals surface area contributed by atoms with Gasteiger partial charge in [0.2, 0.25) is 5.91 Å². The average Bonchev–Trinajstić information content (AvgIpc) is 2.68. The van der Waals surface area contributed by atoms with Gasteiger partial charge >= 0.3 is 0 Å². The van der Waals surface area contributed by atoms with Crippen molar-refractivity contribution in [2.45, 2.75) is 11.6 Å². The molecule has 0 atom stereocenters. The van der Waals surface area contributed by atoms with E-state index >= 15 is 0 Å². The Labute approximate surface area is 99.1 Å². The summed E-state index contributed by atoms with van der Waals surface area (Å²) >= 11 is 1.40. The smallest absolute Gasteiger partial charge is 0.232 e. The van der Waals surface area contributed by atoms with Crippen LogP contribution in [0.2, 0.25) is 0 Å². The van der Waals surface area contributed by atoms with Crippen LogP contribution in [0.3, 0.4) is 0 Å². The molecule has 0 aromatic carbocycles. The van der Waals surface area contributed by atoms with Crippen molar-refractivity contribution in [3.63, 3.8) is 0 Å². The number of aromatic nitrogens is 2. The molecule has 16 heavy (non-hydrogen) atoms. The second-order valence-corrected chi connectivity index (χ2v) is 4.28. The van der Waals surface area contributed by atoms with Crippen LogP contribution in [-0.4, -0.2) is 39.7 Å². The fourth-order valence-corrected chi connectivity index (χ4v) is 1.94. The third kappa shape index (κ3) is 3.59. The molecule has 0 N–H and O–H groups in total. The molecular weight excluding hydrogens is 224 g/mol. The molecule has 1 heterocycles. The number of thioether (sulfide) groups is 1. The van der Waals surface area contributed by atoms with E-state index < -0.39 is 0 Å². The van der Waals surface area contributed by atoms with Crippen LogP contribution in [0.5, 0.6) is 0 Å². The van der Waals surface area contributed by atoms with E-state index in [9.17, 15) is 4.79 Å². The van der Waals surface area contributed by atoms with E-state index in [1.54, 1.807) is 18.1 Å². The van der Waals surface area contributed by atoms with Crippen LogP contribution in [0, 0.1) is 11.3 Å². The van der Waals surface area contributed by atoms with Gasteiger partial charge in [-0.3, -0.25) is 4.79 Å². The normalized spacial score (nSPS) is 9.81. The van der Waals surface area contributed by atoms with Crippen molar-refractivity contribution in [3.05, 3.63) is 12.4 Å². The minimum atomic E-state index is 0.0169. The van der Waals surface area contributed by atoms with Crippen LogP contribution in [0.25, 0.3) is 0 Å². The lowest BCUT2D eigenvalue weighted by atomic mass is 10.4. The van der Waals surface area contributed by atoms with E-state index in [0.29, 0.717) is 18.7 Å². The number of hydrogen-bond donors (Lipinski definition) is 0. The molecule has 86 valence electrons. The molecule has 5 nitrogen and oxygen atoms in total. The highest BCUT2D eigenvalue weighted by Crippen LogP contribution is 2.14. The molecule has 0 spiro atoms. The number of aryl methyl sites for hydroxylation is 1. The van der Waals surface area contributed by atoms with Crippen LogP contribution in [0.1, 0.15) is 6.42 Å². The summed E-state index contributed by atoms with van der Waals surface area (Å²) in [7, 11) is 3.60. The van der Waals surface area contributed by atoms with Crippen molar-refractivity contribution >= 4 is 17.7 Å². The Morgan fingerprint density at radius 2 is 2.50 bits per heavy atom. The Hall–Kier alpha value is -1.48. The Balaban J connectivity index is 2.36. The number of nitrogens with zero attached hydrogens (tertiary/aromatic N) is 4. The van der Waals surface area contributed by atoms with Gasteiger partial charge in [0.05, 0.1) is 18.2 Å². The van der Waals surface area contributed by atoms with Gasteiger partial charge in [0.15, 0.2) is 5.16 Å². The quantitative estimate of drug-likeness (QED) is 0.715. The monoisotopic (exact) mass is 238 g/mol. The summed E-state index contributed by atoms with van der Waals surface area (Å²) in [5.74, 6) is 0.371. The highest BCUT2D eigenvalue weighted by Gasteiger charge is 2.10. The van der Waals surface area contributed by atoms with Crippen LogP contribution in [0.15, 0.2) is 17.6 Å². The maximum atomic E-state index is 11.6. The Kier molecular flexibility index (Phi) is 4.86. The molecule has 6 heteroatoms. The number of carbonyl (C=O) groups is 1. The molecule has 1 amide bonds. The lowest BCUT2D eigenvalue weighted by Gasteiger charge is -2.14. The minimum Gasteiger partial charge on any atom is -0.344 e. The Bertz CT molecular complexity index is 396. The zero-order valence-corrected chi connectivity index (χ0v) is 10.2. The van der Waals surface area contributed by atoms with Gasteiger partial charge in [0.25, 0.3) is 0 Å². The fourth-order valence-electron chi connectivity index (χ4n) is 1.07. The Morgan fingerprint density at radius 1 is 1.75 bits per heavy atom. The SMILES string of the molecule is CN(CCC#N)C(=O)CSc1nccn1C. The number of rotatable bonds is 5. The number of nitriles is 1. The molecule has 0 bridgehead atoms. The molecule has 0 saturated heterocycles. The molecule has 0 radical (unpaired) electrons. The first-order valence-electron chi connectivity index (χ1n) is 4.86. The van der Waals surface area contributed by atoms with Crippen molar-refractivity contribution in [2.24, 2.45) is 7.05 Å². The van der Waals surface area contributed by atoms with Crippen LogP contribution < -0.4 is 0 Å². The van der Waals surface area contributed by atoms with Crippen LogP contribution in [0.4, 0.5) is 0 Å². The number of amides is 1. The van der Waals surface area contributed by atoms with Crippen molar-refractivity contribution in [1.82, 2.24) is 14.5 Å². The van der Waals surface area contributed by atoms with Gasteiger partial charge in [-0.1, -0.05) is 11.8 Å². The Morgan fingerprint density at radius 3 is 3.06 bits per heavy atom. The van der Waals surface area contributed by atoms with E-state index in [4.69, 9.17) is 5.26 Å². The van der Waals surface area contributed by atoms with Gasteiger partial charge in [0, 0.05) is 33.0 Å². The first kappa shape index (κ1) is 12.6. The summed E-state index contributed by atoms with van der Waals surface area (Å²) in [6, 6.07) is 2.02. The topological polar surface area (TPSA) is 61.9 Å². The molecule has 0 aliphatic rings. The van der Waals surface area contributed by atoms with Crippen molar-refractivity contribution in [3.8, 4) is 6.07 Å². The van der Waals surface area contributed by atoms with E-state index in [1.165, 1.54) is 11.8 Å². The first-order chi connectivity index (χ1) is 7.65. The highest BCUT2D eigenvalue weighted by molar-refractivity contribution is 7.99. The third-order valence-electron chi connectivity index (χ3n) is 2.09. The molecule has 0 aliphatic heterocycles. The fraction of sp³-hybridized carbons (Fsp3) is 0.500. The lowest BCUT2D eigenvalue weighted by molar-refractivity contribution is -0.127. The lowest BCUT2D eigenvalue weighted by Crippen LogP contribution is -2.29. The van der Waals surface area contributed by atoms with Gasteiger partial charge in [-0.05, 0) is 0 Å². The zero-order chi connectivity index (χ0) is 12.0. The largest absolute Gasteiger partial charge is 0.344 e. The van der Waals surface area contributed by atoms with Gasteiger partial charge in [-0.15, -0.1) is 0 Å². The standard InChI is InChI=1S/C10H14N4OS/c1-13(6-3-4-11)9(15)8-16-10-12-5-7-14(10)2/h5,7H,3,6,8H2,1-2H3. The number of hydrogen-bond acceptors (Lipinski definition) is 4. The molecule has 0 saturated carbocycles. The zero-order valence-electron chi connectivity index (χ0n) is 9.38. The maximum absolute atomic E-state index is 11.6. The van der Waals surface area contributed by atoms with E-state index in [-0.39, 0.29) is 5.91 Å². The number of imidazole rings is 1. The van der Waals surface area contributed by atoms with Crippen LogP contribution >= 0.6 is 11.8 Å². The third-order valence-corrected chi connectivity index (χ3v) is 3.13. The predicted molar refractivity (Wildman–Crippen MR) is 61.8 cm³/mol. The first-order valence-corrected chi connectivity index (χ1v) is 5.84. The van der Waals surface area contributed by atoms with Gasteiger partial charge in [-0.25, -0.2) is 4.98 Å². The summed E-state index contributed by atoms with van der Waals surface area (Å²) in [5.41, 5.74) is 0. The summed E-state index contributed by atoms with van der Waals surface area (Å²) in [4.78, 5) is 17.3. The minimum absolute atomic E-state index is 0.0169. The molecule has 1 rings (SSSR count). The van der Waals surface area contributed by atoms with Gasteiger partial charge < -0.3 is 9.47 Å². The molecule has 1 aromatic heterocycles. The second kappa shape index (κ2) is 6.18. The predicted octanol–water partition coefficient (Wildman–Crippen LogP) is 0.884. The molecule has 0 aliphatic carbocycles. The van der Waals surface area contributed by atoms with E-state index in [1.807, 2.05) is 23.9 Å². The number of carbonyl (C=O) groups excluding carboxylic acids is 1. The van der Waals surface area contributed by atoms with Crippen molar-refractivity contribution < 1.29 is 4.79 Å². The molecular formula is C10H14N4OS. The van der Waals surface area contributed by atoms with E-state index in [2.05, 4.69) is 4.98 Å². The van der Waals surface area contributed by atoms with Gasteiger partial charge in [0.1, 0.15) is 0 Å². The summed E-state index contributed by atoms with van der Waals surface area (Å²) < 4.78 is 1.87. The molecule has 0 unspecified atom stereocenters. The van der Waals surface area contributed by atoms with Gasteiger partial charge in [-0.2, -0.15) is 5.26 Å². The molecule has 1 aromatic rings. The maximum Gasteiger partial charge on any atom is 0.232 e. The summed E-state index contributed by atoms with van der Waals surface area (Å²) in [6.45, 7) is 0.483. The second-order valence-electron chi connectivity index (χ2n) is 3.33.